The number of anilines is 1. The molecule has 3 N–H and O–H groups in total. The van der Waals surface area contributed by atoms with Crippen LogP contribution in [0, 0.1) is 6.92 Å². The topological polar surface area (TPSA) is 104 Å². The Morgan fingerprint density at radius 3 is 2.76 bits per heavy atom. The third-order valence-corrected chi connectivity index (χ3v) is 2.54. The van der Waals surface area contributed by atoms with Crippen molar-refractivity contribution in [2.45, 2.75) is 32.0 Å². The minimum Gasteiger partial charge on any atom is -0.479 e. The molecule has 7 heteroatoms. The smallest absolute Gasteiger partial charge is 0.332 e. The van der Waals surface area contributed by atoms with Crippen LogP contribution in [-0.4, -0.2) is 39.4 Å². The maximum atomic E-state index is 11.7. The summed E-state index contributed by atoms with van der Waals surface area (Å²) in [5.74, 6) is -0.981. The molecule has 0 radical (unpaired) electrons. The maximum absolute atomic E-state index is 11.7. The second-order valence-electron chi connectivity index (χ2n) is 3.95. The van der Waals surface area contributed by atoms with Crippen molar-refractivity contribution in [1.82, 2.24) is 10.2 Å². The summed E-state index contributed by atoms with van der Waals surface area (Å²) in [7, 11) is 0. The molecule has 0 unspecified atom stereocenters. The zero-order valence-corrected chi connectivity index (χ0v) is 9.27. The number of carbonyl (C=O) groups is 2. The monoisotopic (exact) mass is 239 g/mol. The molecule has 2 heterocycles. The van der Waals surface area contributed by atoms with Gasteiger partial charge in [-0.3, -0.25) is 9.89 Å². The first-order chi connectivity index (χ1) is 8.06. The van der Waals surface area contributed by atoms with E-state index in [0.717, 1.165) is 5.69 Å². The lowest BCUT2D eigenvalue weighted by molar-refractivity contribution is -0.150. The van der Waals surface area contributed by atoms with E-state index < -0.39 is 18.2 Å². The lowest BCUT2D eigenvalue weighted by atomic mass is 10.2. The molecule has 1 aliphatic rings. The average molecular weight is 239 g/mol. The molecule has 1 aliphatic heterocycles. The van der Waals surface area contributed by atoms with Crippen molar-refractivity contribution in [2.24, 2.45) is 0 Å². The Morgan fingerprint density at radius 2 is 2.24 bits per heavy atom. The Kier molecular flexibility index (Phi) is 3.10. The Labute approximate surface area is 97.2 Å². The van der Waals surface area contributed by atoms with Gasteiger partial charge < -0.3 is 15.2 Å². The van der Waals surface area contributed by atoms with Crippen LogP contribution in [0.15, 0.2) is 6.07 Å². The van der Waals surface area contributed by atoms with Crippen molar-refractivity contribution in [3.05, 3.63) is 11.8 Å². The van der Waals surface area contributed by atoms with Crippen molar-refractivity contribution < 1.29 is 19.4 Å². The van der Waals surface area contributed by atoms with Gasteiger partial charge in [0.05, 0.1) is 0 Å². The number of carbonyl (C=O) groups excluding carboxylic acids is 1. The molecular formula is C10H13N3O4. The summed E-state index contributed by atoms with van der Waals surface area (Å²) in [5, 5.41) is 17.8. The minimum atomic E-state index is -1.03. The van der Waals surface area contributed by atoms with Crippen LogP contribution in [0.3, 0.4) is 0 Å². The van der Waals surface area contributed by atoms with Crippen LogP contribution in [0.4, 0.5) is 5.82 Å². The Balaban J connectivity index is 1.91. The Bertz CT molecular complexity index is 443. The van der Waals surface area contributed by atoms with E-state index in [4.69, 9.17) is 9.84 Å². The number of hydrogen-bond acceptors (Lipinski definition) is 4. The fourth-order valence-corrected chi connectivity index (χ4v) is 1.70. The van der Waals surface area contributed by atoms with E-state index >= 15 is 0 Å². The Hall–Kier alpha value is -1.89. The van der Waals surface area contributed by atoms with Gasteiger partial charge in [-0.2, -0.15) is 5.10 Å². The average Bonchev–Trinajstić information content (AvgIpc) is 2.86. The predicted octanol–water partition coefficient (Wildman–Crippen LogP) is 0.289. The predicted molar refractivity (Wildman–Crippen MR) is 57.5 cm³/mol. The zero-order valence-electron chi connectivity index (χ0n) is 9.27. The van der Waals surface area contributed by atoms with Crippen molar-refractivity contribution in [1.29, 1.82) is 0 Å². The SMILES string of the molecule is Cc1cc(NC(=O)[C@@H]2CC[C@H](C(=O)O)O2)n[nH]1. The number of aromatic nitrogens is 2. The number of nitrogens with zero attached hydrogens (tertiary/aromatic N) is 1. The fourth-order valence-electron chi connectivity index (χ4n) is 1.70. The highest BCUT2D eigenvalue weighted by atomic mass is 16.5. The number of amides is 1. The van der Waals surface area contributed by atoms with Gasteiger partial charge in [-0.25, -0.2) is 4.79 Å². The van der Waals surface area contributed by atoms with Crippen LogP contribution in [0.2, 0.25) is 0 Å². The van der Waals surface area contributed by atoms with E-state index in [0.29, 0.717) is 18.7 Å². The van der Waals surface area contributed by atoms with Gasteiger partial charge in [-0.05, 0) is 19.8 Å². The van der Waals surface area contributed by atoms with Gasteiger partial charge in [0, 0.05) is 11.8 Å². The van der Waals surface area contributed by atoms with Crippen molar-refractivity contribution >= 4 is 17.7 Å². The van der Waals surface area contributed by atoms with E-state index in [1.165, 1.54) is 0 Å². The summed E-state index contributed by atoms with van der Waals surface area (Å²) in [6.07, 6.45) is -0.834. The first kappa shape index (κ1) is 11.6. The number of hydrogen-bond donors (Lipinski definition) is 3. The third kappa shape index (κ3) is 2.62. The molecule has 1 aromatic heterocycles. The lowest BCUT2D eigenvalue weighted by Gasteiger charge is -2.09. The van der Waals surface area contributed by atoms with E-state index in [2.05, 4.69) is 15.5 Å². The summed E-state index contributed by atoms with van der Waals surface area (Å²) in [4.78, 5) is 22.4. The fraction of sp³-hybridized carbons (Fsp3) is 0.500. The zero-order chi connectivity index (χ0) is 12.4. The molecular weight excluding hydrogens is 226 g/mol. The number of nitrogens with one attached hydrogen (secondary N) is 2. The highest BCUT2D eigenvalue weighted by molar-refractivity contribution is 5.94. The molecule has 7 nitrogen and oxygen atoms in total. The Morgan fingerprint density at radius 1 is 1.53 bits per heavy atom. The molecule has 0 aliphatic carbocycles. The summed E-state index contributed by atoms with van der Waals surface area (Å²) < 4.78 is 5.11. The van der Waals surface area contributed by atoms with Crippen LogP contribution >= 0.6 is 0 Å². The van der Waals surface area contributed by atoms with Crippen molar-refractivity contribution in [3.8, 4) is 0 Å². The molecule has 1 aromatic rings. The maximum Gasteiger partial charge on any atom is 0.332 e. The summed E-state index contributed by atoms with van der Waals surface area (Å²) in [6, 6.07) is 1.68. The first-order valence-electron chi connectivity index (χ1n) is 5.27. The number of aryl methyl sites for hydroxylation is 1. The third-order valence-electron chi connectivity index (χ3n) is 2.54. The number of H-pyrrole nitrogens is 1. The lowest BCUT2D eigenvalue weighted by Crippen LogP contribution is -2.30. The first-order valence-corrected chi connectivity index (χ1v) is 5.27. The van der Waals surface area contributed by atoms with Crippen molar-refractivity contribution in [3.63, 3.8) is 0 Å². The largest absolute Gasteiger partial charge is 0.479 e. The van der Waals surface area contributed by atoms with Gasteiger partial charge >= 0.3 is 5.97 Å². The van der Waals surface area contributed by atoms with Gasteiger partial charge in [-0.1, -0.05) is 0 Å². The van der Waals surface area contributed by atoms with Gasteiger partial charge in [0.1, 0.15) is 6.10 Å². The van der Waals surface area contributed by atoms with Crippen LogP contribution in [0.1, 0.15) is 18.5 Å². The number of aliphatic carboxylic acids is 1. The van der Waals surface area contributed by atoms with Gasteiger partial charge in [0.25, 0.3) is 5.91 Å². The van der Waals surface area contributed by atoms with E-state index in [-0.39, 0.29) is 5.91 Å². The molecule has 0 aromatic carbocycles. The molecule has 1 amide bonds. The van der Waals surface area contributed by atoms with Gasteiger partial charge in [0.2, 0.25) is 0 Å². The number of ether oxygens (including phenoxy) is 1. The molecule has 2 atom stereocenters. The normalized spacial score (nSPS) is 23.6. The molecule has 0 spiro atoms. The highest BCUT2D eigenvalue weighted by Gasteiger charge is 2.34. The molecule has 1 saturated heterocycles. The number of aromatic amines is 1. The molecule has 0 saturated carbocycles. The molecule has 2 rings (SSSR count). The van der Waals surface area contributed by atoms with Crippen molar-refractivity contribution in [2.75, 3.05) is 5.32 Å². The van der Waals surface area contributed by atoms with Crippen LogP contribution in [0.5, 0.6) is 0 Å². The number of carboxylic acid groups (broad SMARTS) is 1. The summed E-state index contributed by atoms with van der Waals surface area (Å²) in [6.45, 7) is 1.81. The van der Waals surface area contributed by atoms with Crippen LogP contribution < -0.4 is 5.32 Å². The van der Waals surface area contributed by atoms with Gasteiger partial charge in [0.15, 0.2) is 11.9 Å². The van der Waals surface area contributed by atoms with E-state index in [1.54, 1.807) is 6.07 Å². The van der Waals surface area contributed by atoms with E-state index in [9.17, 15) is 9.59 Å². The highest BCUT2D eigenvalue weighted by Crippen LogP contribution is 2.21. The summed E-state index contributed by atoms with van der Waals surface area (Å²) >= 11 is 0. The number of carboxylic acids is 1. The van der Waals surface area contributed by atoms with Gasteiger partial charge in [-0.15, -0.1) is 0 Å². The second-order valence-corrected chi connectivity index (χ2v) is 3.95. The second kappa shape index (κ2) is 4.54. The molecule has 92 valence electrons. The van der Waals surface area contributed by atoms with Crippen LogP contribution in [-0.2, 0) is 14.3 Å². The van der Waals surface area contributed by atoms with Crippen LogP contribution in [0.25, 0.3) is 0 Å². The minimum absolute atomic E-state index is 0.354. The molecule has 17 heavy (non-hydrogen) atoms. The number of rotatable bonds is 3. The quantitative estimate of drug-likeness (QED) is 0.703. The molecule has 1 fully saturated rings. The summed E-state index contributed by atoms with van der Waals surface area (Å²) in [5.41, 5.74) is 0.830. The molecule has 0 bridgehead atoms. The standard InChI is InChI=1S/C10H13N3O4/c1-5-4-8(13-12-5)11-9(14)6-2-3-7(17-6)10(15)16/h4,6-7H,2-3H2,1H3,(H,15,16)(H2,11,12,13,14)/t6-,7+/m0/s1. The van der Waals surface area contributed by atoms with E-state index in [1.807, 2.05) is 6.92 Å².